The number of nitrogens with one attached hydrogen (secondary N) is 1. The van der Waals surface area contributed by atoms with Crippen molar-refractivity contribution in [3.8, 4) is 0 Å². The minimum atomic E-state index is -0.252. The van der Waals surface area contributed by atoms with Crippen molar-refractivity contribution in [3.63, 3.8) is 0 Å². The van der Waals surface area contributed by atoms with E-state index in [9.17, 15) is 9.59 Å². The fourth-order valence-corrected chi connectivity index (χ4v) is 2.84. The molecule has 0 bridgehead atoms. The molecule has 7 heteroatoms. The Kier molecular flexibility index (Phi) is 4.79. The summed E-state index contributed by atoms with van der Waals surface area (Å²) < 4.78 is 0.456. The number of benzene rings is 1. The van der Waals surface area contributed by atoms with Crippen molar-refractivity contribution < 1.29 is 9.59 Å². The van der Waals surface area contributed by atoms with Gasteiger partial charge in [0.1, 0.15) is 10.9 Å². The van der Waals surface area contributed by atoms with Crippen LogP contribution in [0.3, 0.4) is 0 Å². The van der Waals surface area contributed by atoms with Gasteiger partial charge in [-0.1, -0.05) is 53.8 Å². The summed E-state index contributed by atoms with van der Waals surface area (Å²) in [7, 11) is 0. The van der Waals surface area contributed by atoms with E-state index in [1.54, 1.807) is 6.07 Å². The van der Waals surface area contributed by atoms with E-state index in [-0.39, 0.29) is 18.4 Å². The van der Waals surface area contributed by atoms with Gasteiger partial charge in [0.15, 0.2) is 0 Å². The Balaban J connectivity index is 1.87. The molecule has 1 fully saturated rings. The van der Waals surface area contributed by atoms with Gasteiger partial charge in [0, 0.05) is 11.6 Å². The van der Waals surface area contributed by atoms with Crippen LogP contribution < -0.4 is 5.32 Å². The van der Waals surface area contributed by atoms with Crippen molar-refractivity contribution in [1.29, 1.82) is 0 Å². The molecule has 2 amide bonds. The first kappa shape index (κ1) is 14.3. The quantitative estimate of drug-likeness (QED) is 0.861. The van der Waals surface area contributed by atoms with Crippen LogP contribution in [0.2, 0.25) is 5.02 Å². The lowest BCUT2D eigenvalue weighted by molar-refractivity contribution is -0.129. The van der Waals surface area contributed by atoms with E-state index in [1.165, 1.54) is 16.7 Å². The summed E-state index contributed by atoms with van der Waals surface area (Å²) in [6.45, 7) is 0.301. The van der Waals surface area contributed by atoms with Crippen molar-refractivity contribution in [3.05, 3.63) is 34.9 Å². The summed E-state index contributed by atoms with van der Waals surface area (Å²) >= 11 is 12.3. The molecule has 0 aliphatic carbocycles. The third-order valence-corrected chi connectivity index (χ3v) is 4.38. The highest BCUT2D eigenvalue weighted by Gasteiger charge is 2.28. The number of carbonyl (C=O) groups excluding carboxylic acids is 2. The summed E-state index contributed by atoms with van der Waals surface area (Å²) in [5.74, 6) is -0.0580. The van der Waals surface area contributed by atoms with Crippen LogP contribution >= 0.6 is 35.6 Å². The molecule has 4 nitrogen and oxygen atoms in total. The molecule has 1 aromatic rings. The molecule has 19 heavy (non-hydrogen) atoms. The SMILES string of the molecule is O=C(CN1C(=O)CSC1=S)NCc1ccccc1Cl. The zero-order chi connectivity index (χ0) is 13.8. The monoisotopic (exact) mass is 314 g/mol. The van der Waals surface area contributed by atoms with E-state index >= 15 is 0 Å². The van der Waals surface area contributed by atoms with Crippen LogP contribution in [0.15, 0.2) is 24.3 Å². The molecule has 1 aliphatic rings. The van der Waals surface area contributed by atoms with Crippen molar-refractivity contribution in [2.75, 3.05) is 12.3 Å². The van der Waals surface area contributed by atoms with Crippen LogP contribution in [0, 0.1) is 0 Å². The van der Waals surface area contributed by atoms with Crippen molar-refractivity contribution in [1.82, 2.24) is 10.2 Å². The average Bonchev–Trinajstić information content (AvgIpc) is 2.70. The lowest BCUT2D eigenvalue weighted by Gasteiger charge is -2.14. The van der Waals surface area contributed by atoms with Gasteiger partial charge >= 0.3 is 0 Å². The van der Waals surface area contributed by atoms with E-state index in [0.717, 1.165) is 5.56 Å². The predicted octanol–water partition coefficient (Wildman–Crippen LogP) is 1.82. The van der Waals surface area contributed by atoms with Crippen molar-refractivity contribution >= 4 is 51.7 Å². The Bertz CT molecular complexity index is 520. The fraction of sp³-hybridized carbons (Fsp3) is 0.250. The normalized spacial score (nSPS) is 14.9. The van der Waals surface area contributed by atoms with Crippen LogP contribution in [-0.2, 0) is 16.1 Å². The van der Waals surface area contributed by atoms with Gasteiger partial charge < -0.3 is 5.32 Å². The topological polar surface area (TPSA) is 49.4 Å². The summed E-state index contributed by atoms with van der Waals surface area (Å²) in [6.07, 6.45) is 0. The van der Waals surface area contributed by atoms with Crippen LogP contribution in [0.4, 0.5) is 0 Å². The Morgan fingerprint density at radius 2 is 2.21 bits per heavy atom. The van der Waals surface area contributed by atoms with Crippen LogP contribution in [-0.4, -0.2) is 33.3 Å². The summed E-state index contributed by atoms with van der Waals surface area (Å²) in [4.78, 5) is 24.5. The second kappa shape index (κ2) is 6.36. The Morgan fingerprint density at radius 1 is 1.47 bits per heavy atom. The minimum absolute atomic E-state index is 0.0326. The third-order valence-electron chi connectivity index (χ3n) is 2.58. The second-order valence-corrected chi connectivity index (χ2v) is 5.92. The van der Waals surface area contributed by atoms with Crippen LogP contribution in [0.5, 0.6) is 0 Å². The molecule has 2 rings (SSSR count). The van der Waals surface area contributed by atoms with Gasteiger partial charge in [-0.3, -0.25) is 14.5 Å². The number of amides is 2. The largest absolute Gasteiger partial charge is 0.350 e. The minimum Gasteiger partial charge on any atom is -0.350 e. The number of thioether (sulfide) groups is 1. The molecular weight excluding hydrogens is 304 g/mol. The van der Waals surface area contributed by atoms with Crippen LogP contribution in [0.1, 0.15) is 5.56 Å². The maximum atomic E-state index is 11.8. The number of rotatable bonds is 4. The Hall–Kier alpha value is -1.11. The molecule has 1 aliphatic heterocycles. The van der Waals surface area contributed by atoms with E-state index in [0.29, 0.717) is 21.6 Å². The smallest absolute Gasteiger partial charge is 0.240 e. The van der Waals surface area contributed by atoms with Gasteiger partial charge in [-0.2, -0.15) is 0 Å². The molecule has 0 atom stereocenters. The zero-order valence-corrected chi connectivity index (χ0v) is 12.3. The first-order valence-corrected chi connectivity index (χ1v) is 7.32. The molecule has 100 valence electrons. The Labute approximate surface area is 125 Å². The maximum Gasteiger partial charge on any atom is 0.240 e. The van der Waals surface area contributed by atoms with Crippen LogP contribution in [0.25, 0.3) is 0 Å². The molecule has 0 saturated carbocycles. The second-order valence-electron chi connectivity index (χ2n) is 3.90. The number of thiocarbonyl (C=S) groups is 1. The molecule has 1 heterocycles. The molecule has 0 spiro atoms. The molecule has 0 radical (unpaired) electrons. The molecule has 0 aromatic heterocycles. The number of hydrogen-bond acceptors (Lipinski definition) is 4. The first-order chi connectivity index (χ1) is 9.08. The summed E-state index contributed by atoms with van der Waals surface area (Å²) in [5.41, 5.74) is 0.835. The van der Waals surface area contributed by atoms with Gasteiger partial charge in [-0.15, -0.1) is 0 Å². The average molecular weight is 315 g/mol. The van der Waals surface area contributed by atoms with E-state index in [1.807, 2.05) is 18.2 Å². The summed E-state index contributed by atoms with van der Waals surface area (Å²) in [6, 6.07) is 7.28. The highest BCUT2D eigenvalue weighted by molar-refractivity contribution is 8.23. The van der Waals surface area contributed by atoms with Crippen molar-refractivity contribution in [2.45, 2.75) is 6.54 Å². The number of nitrogens with zero attached hydrogens (tertiary/aromatic N) is 1. The Morgan fingerprint density at radius 3 is 2.84 bits per heavy atom. The van der Waals surface area contributed by atoms with Gasteiger partial charge in [-0.25, -0.2) is 0 Å². The van der Waals surface area contributed by atoms with Gasteiger partial charge in [0.25, 0.3) is 0 Å². The first-order valence-electron chi connectivity index (χ1n) is 5.55. The highest BCUT2D eigenvalue weighted by atomic mass is 35.5. The van der Waals surface area contributed by atoms with Gasteiger partial charge in [0.2, 0.25) is 11.8 Å². The van der Waals surface area contributed by atoms with Crippen molar-refractivity contribution in [2.24, 2.45) is 0 Å². The highest BCUT2D eigenvalue weighted by Crippen LogP contribution is 2.18. The molecule has 1 saturated heterocycles. The lowest BCUT2D eigenvalue weighted by atomic mass is 10.2. The van der Waals surface area contributed by atoms with E-state index in [4.69, 9.17) is 23.8 Å². The lowest BCUT2D eigenvalue weighted by Crippen LogP contribution is -2.39. The molecular formula is C12H11ClN2O2S2. The summed E-state index contributed by atoms with van der Waals surface area (Å²) in [5, 5.41) is 3.32. The molecule has 1 N–H and O–H groups in total. The number of halogens is 1. The standard InChI is InChI=1S/C12H11ClN2O2S2/c13-9-4-2-1-3-8(9)5-14-10(16)6-15-11(17)7-19-12(15)18/h1-4H,5-7H2,(H,14,16). The van der Waals surface area contributed by atoms with Gasteiger partial charge in [0.05, 0.1) is 5.75 Å². The zero-order valence-electron chi connectivity index (χ0n) is 9.89. The fourth-order valence-electron chi connectivity index (χ4n) is 1.57. The molecule has 0 unspecified atom stereocenters. The third kappa shape index (κ3) is 3.68. The van der Waals surface area contributed by atoms with E-state index < -0.39 is 0 Å². The predicted molar refractivity (Wildman–Crippen MR) is 80.1 cm³/mol. The number of carbonyl (C=O) groups is 2. The maximum absolute atomic E-state index is 11.8. The van der Waals surface area contributed by atoms with E-state index in [2.05, 4.69) is 5.32 Å². The van der Waals surface area contributed by atoms with Gasteiger partial charge in [-0.05, 0) is 11.6 Å². The molecule has 1 aromatic carbocycles. The number of hydrogen-bond donors (Lipinski definition) is 1.